The minimum atomic E-state index is -3.66. The molecule has 228 valence electrons. The Hall–Kier alpha value is -3.81. The Labute approximate surface area is 240 Å². The summed E-state index contributed by atoms with van der Waals surface area (Å²) in [6.07, 6.45) is 1.35. The van der Waals surface area contributed by atoms with Crippen LogP contribution in [-0.2, 0) is 45.0 Å². The lowest BCUT2D eigenvalue weighted by Crippen LogP contribution is -2.58. The molecule has 0 spiro atoms. The second kappa shape index (κ2) is 16.5. The van der Waals surface area contributed by atoms with Crippen molar-refractivity contribution in [1.82, 2.24) is 21.3 Å². The van der Waals surface area contributed by atoms with Crippen LogP contribution in [0.25, 0.3) is 0 Å². The quantitative estimate of drug-likeness (QED) is 0.160. The number of nitrogens with one attached hydrogen (secondary N) is 4. The number of amides is 4. The Morgan fingerprint density at radius 3 is 1.95 bits per heavy atom. The molecule has 0 fully saturated rings. The number of carbonyl (C=O) groups is 6. The van der Waals surface area contributed by atoms with Crippen molar-refractivity contribution in [2.75, 3.05) is 12.0 Å². The predicted octanol–water partition coefficient (Wildman–Crippen LogP) is -0.267. The number of benzene rings is 1. The average molecular weight is 597 g/mol. The molecule has 1 aromatic carbocycles. The van der Waals surface area contributed by atoms with Crippen LogP contribution in [0.2, 0.25) is 0 Å². The zero-order valence-electron chi connectivity index (χ0n) is 23.9. The van der Waals surface area contributed by atoms with Gasteiger partial charge in [0.05, 0.1) is 18.2 Å². The van der Waals surface area contributed by atoms with Gasteiger partial charge in [-0.2, -0.15) is 0 Å². The van der Waals surface area contributed by atoms with Gasteiger partial charge in [0.15, 0.2) is 5.78 Å². The highest BCUT2D eigenvalue weighted by Gasteiger charge is 2.32. The lowest BCUT2D eigenvalue weighted by molar-refractivity contribution is -0.141. The van der Waals surface area contributed by atoms with E-state index < -0.39 is 87.5 Å². The molecule has 5 N–H and O–H groups in total. The fourth-order valence-electron chi connectivity index (χ4n) is 3.89. The topological polar surface area (TPSA) is 205 Å². The third kappa shape index (κ3) is 13.9. The smallest absolute Gasteiger partial charge is 0.305 e. The Bertz CT molecular complexity index is 1200. The van der Waals surface area contributed by atoms with Gasteiger partial charge < -0.3 is 26.4 Å². The Kier molecular flexibility index (Phi) is 14.1. The third-order valence-corrected chi connectivity index (χ3v) is 6.92. The van der Waals surface area contributed by atoms with E-state index in [0.29, 0.717) is 12.8 Å². The van der Waals surface area contributed by atoms with Gasteiger partial charge in [0.2, 0.25) is 23.6 Å². The molecular weight excluding hydrogens is 556 g/mol. The van der Waals surface area contributed by atoms with Crippen LogP contribution in [0.3, 0.4) is 0 Å². The maximum absolute atomic E-state index is 13.1. The molecule has 0 saturated heterocycles. The summed E-state index contributed by atoms with van der Waals surface area (Å²) in [4.78, 5) is 74.1. The van der Waals surface area contributed by atoms with Gasteiger partial charge in [-0.1, -0.05) is 44.2 Å². The molecular formula is C27H40N4O9S. The van der Waals surface area contributed by atoms with E-state index in [1.54, 1.807) is 13.8 Å². The predicted molar refractivity (Wildman–Crippen MR) is 150 cm³/mol. The number of rotatable bonds is 17. The minimum Gasteiger partial charge on any atom is -0.481 e. The normalized spacial score (nSPS) is 14.2. The summed E-state index contributed by atoms with van der Waals surface area (Å²) in [6, 6.07) is 4.26. The van der Waals surface area contributed by atoms with Crippen LogP contribution >= 0.6 is 0 Å². The maximum Gasteiger partial charge on any atom is 0.305 e. The van der Waals surface area contributed by atoms with Gasteiger partial charge in [-0.25, -0.2) is 8.42 Å². The number of carboxylic acids is 1. The van der Waals surface area contributed by atoms with E-state index in [1.807, 2.05) is 30.3 Å². The summed E-state index contributed by atoms with van der Waals surface area (Å²) in [6.45, 7) is 5.66. The Balaban J connectivity index is 2.87. The van der Waals surface area contributed by atoms with Crippen molar-refractivity contribution >= 4 is 45.2 Å². The van der Waals surface area contributed by atoms with Gasteiger partial charge in [-0.3, -0.25) is 28.8 Å². The van der Waals surface area contributed by atoms with Crippen molar-refractivity contribution in [3.8, 4) is 0 Å². The second-order valence-electron chi connectivity index (χ2n) is 10.3. The number of aryl methyl sites for hydroxylation is 1. The van der Waals surface area contributed by atoms with Crippen molar-refractivity contribution in [3.05, 3.63) is 35.9 Å². The van der Waals surface area contributed by atoms with Crippen LogP contribution in [-0.4, -0.2) is 85.1 Å². The minimum absolute atomic E-state index is 0.0395. The zero-order chi connectivity index (χ0) is 31.3. The van der Waals surface area contributed by atoms with Crippen LogP contribution in [0, 0.1) is 5.92 Å². The Morgan fingerprint density at radius 2 is 1.44 bits per heavy atom. The van der Waals surface area contributed by atoms with Gasteiger partial charge in [0.1, 0.15) is 28.0 Å². The SMILES string of the molecule is CC(=O)N[C@@H](CS(C)(=O)=O)C(=O)N[C@@H](C)C(=O)N[C@H](C(=O)N[C@@H](CC(=O)O)C(=O)CCCc1ccccc1)C(C)C. The van der Waals surface area contributed by atoms with Gasteiger partial charge in [-0.05, 0) is 31.2 Å². The van der Waals surface area contributed by atoms with Crippen LogP contribution in [0.1, 0.15) is 52.5 Å². The maximum atomic E-state index is 13.1. The van der Waals surface area contributed by atoms with Crippen LogP contribution < -0.4 is 21.3 Å². The number of carbonyl (C=O) groups excluding carboxylic acids is 5. The number of Topliss-reactive ketones (excluding diaryl/α,β-unsaturated/α-hetero) is 1. The lowest BCUT2D eigenvalue weighted by atomic mass is 9.99. The molecule has 0 saturated carbocycles. The Morgan fingerprint density at radius 1 is 0.829 bits per heavy atom. The van der Waals surface area contributed by atoms with E-state index in [9.17, 15) is 42.3 Å². The molecule has 1 rings (SSSR count). The van der Waals surface area contributed by atoms with E-state index in [-0.39, 0.29) is 6.42 Å². The molecule has 1 aromatic rings. The highest BCUT2D eigenvalue weighted by molar-refractivity contribution is 7.90. The number of sulfone groups is 1. The van der Waals surface area contributed by atoms with E-state index in [1.165, 1.54) is 6.92 Å². The van der Waals surface area contributed by atoms with Crippen molar-refractivity contribution in [2.24, 2.45) is 5.92 Å². The standard InChI is InChI=1S/C27H40N4O9S/c1-16(2)24(31-25(36)17(3)28-26(37)21(29-18(4)32)15-41(5,39)40)27(38)30-20(14-23(34)35)22(33)13-9-12-19-10-7-6-8-11-19/h6-8,10-11,16-17,20-21,24H,9,12-15H2,1-5H3,(H,28,37)(H,29,32)(H,30,38)(H,31,36)(H,34,35)/t17-,20-,21-,24-/m0/s1. The second-order valence-corrected chi connectivity index (χ2v) is 12.5. The monoisotopic (exact) mass is 596 g/mol. The molecule has 41 heavy (non-hydrogen) atoms. The van der Waals surface area contributed by atoms with Crippen LogP contribution in [0.4, 0.5) is 0 Å². The largest absolute Gasteiger partial charge is 0.481 e. The van der Waals surface area contributed by atoms with Gasteiger partial charge in [0, 0.05) is 19.6 Å². The van der Waals surface area contributed by atoms with Gasteiger partial charge in [-0.15, -0.1) is 0 Å². The lowest BCUT2D eigenvalue weighted by Gasteiger charge is -2.26. The first-order valence-electron chi connectivity index (χ1n) is 13.1. The molecule has 0 radical (unpaired) electrons. The summed E-state index contributed by atoms with van der Waals surface area (Å²) in [5.74, 6) is -6.04. The summed E-state index contributed by atoms with van der Waals surface area (Å²) >= 11 is 0. The van der Waals surface area contributed by atoms with Crippen molar-refractivity contribution in [1.29, 1.82) is 0 Å². The fourth-order valence-corrected chi connectivity index (χ4v) is 4.73. The van der Waals surface area contributed by atoms with E-state index in [2.05, 4.69) is 21.3 Å². The first-order chi connectivity index (χ1) is 19.0. The highest BCUT2D eigenvalue weighted by atomic mass is 32.2. The molecule has 0 bridgehead atoms. The van der Waals surface area contributed by atoms with E-state index in [4.69, 9.17) is 0 Å². The summed E-state index contributed by atoms with van der Waals surface area (Å²) in [7, 11) is -3.66. The molecule has 0 heterocycles. The number of hydrogen-bond acceptors (Lipinski definition) is 8. The molecule has 0 unspecified atom stereocenters. The van der Waals surface area contributed by atoms with Gasteiger partial charge in [0.25, 0.3) is 0 Å². The van der Waals surface area contributed by atoms with Gasteiger partial charge >= 0.3 is 5.97 Å². The molecule has 0 aliphatic heterocycles. The van der Waals surface area contributed by atoms with Crippen molar-refractivity contribution in [3.63, 3.8) is 0 Å². The van der Waals surface area contributed by atoms with E-state index in [0.717, 1.165) is 18.7 Å². The summed E-state index contributed by atoms with van der Waals surface area (Å²) < 4.78 is 23.3. The number of carboxylic acid groups (broad SMARTS) is 1. The fraction of sp³-hybridized carbons (Fsp3) is 0.556. The zero-order valence-corrected chi connectivity index (χ0v) is 24.7. The summed E-state index contributed by atoms with van der Waals surface area (Å²) in [5.41, 5.74) is 1.02. The van der Waals surface area contributed by atoms with Crippen LogP contribution in [0.15, 0.2) is 30.3 Å². The van der Waals surface area contributed by atoms with Crippen molar-refractivity contribution < 1.29 is 42.3 Å². The van der Waals surface area contributed by atoms with E-state index >= 15 is 0 Å². The first-order valence-corrected chi connectivity index (χ1v) is 15.2. The molecule has 0 aliphatic carbocycles. The molecule has 0 aliphatic rings. The number of ketones is 1. The summed E-state index contributed by atoms with van der Waals surface area (Å²) in [5, 5.41) is 18.8. The number of aliphatic carboxylic acids is 1. The average Bonchev–Trinajstić information content (AvgIpc) is 2.85. The highest BCUT2D eigenvalue weighted by Crippen LogP contribution is 2.10. The first kappa shape index (κ1) is 35.2. The molecule has 0 aromatic heterocycles. The molecule has 4 atom stereocenters. The molecule has 14 heteroatoms. The third-order valence-electron chi connectivity index (χ3n) is 5.98. The van der Waals surface area contributed by atoms with Crippen LogP contribution in [0.5, 0.6) is 0 Å². The molecule has 13 nitrogen and oxygen atoms in total. The number of hydrogen-bond donors (Lipinski definition) is 5. The van der Waals surface area contributed by atoms with Crippen molar-refractivity contribution in [2.45, 2.75) is 77.5 Å². The molecule has 4 amide bonds.